The smallest absolute Gasteiger partial charge is 0.314 e. The van der Waals surface area contributed by atoms with Crippen LogP contribution in [0.5, 0.6) is 0 Å². The maximum atomic E-state index is 13.5. The summed E-state index contributed by atoms with van der Waals surface area (Å²) in [5.74, 6) is -1.07. The Balaban J connectivity index is 2.51. The number of halogens is 2. The molecule has 0 N–H and O–H groups in total. The molecule has 0 aliphatic carbocycles. The summed E-state index contributed by atoms with van der Waals surface area (Å²) in [5, 5.41) is 10.4. The van der Waals surface area contributed by atoms with E-state index >= 15 is 0 Å². The van der Waals surface area contributed by atoms with Crippen molar-refractivity contribution < 1.29 is 18.8 Å². The zero-order valence-corrected chi connectivity index (χ0v) is 8.74. The van der Waals surface area contributed by atoms with Crippen LogP contribution in [0.25, 0.3) is 0 Å². The van der Waals surface area contributed by atoms with Gasteiger partial charge < -0.3 is 9.47 Å². The third kappa shape index (κ3) is 1.87. The molecule has 0 saturated carbocycles. The second kappa shape index (κ2) is 4.32. The summed E-state index contributed by atoms with van der Waals surface area (Å²) in [6, 6.07) is 2.57. The lowest BCUT2D eigenvalue weighted by atomic mass is 10.1. The van der Waals surface area contributed by atoms with E-state index in [4.69, 9.17) is 21.1 Å². The fourth-order valence-electron chi connectivity index (χ4n) is 1.47. The lowest BCUT2D eigenvalue weighted by molar-refractivity contribution is -0.389. The molecule has 0 radical (unpaired) electrons. The van der Waals surface area contributed by atoms with Gasteiger partial charge in [-0.2, -0.15) is 4.39 Å². The van der Waals surface area contributed by atoms with Crippen molar-refractivity contribution in [2.45, 2.75) is 6.29 Å². The van der Waals surface area contributed by atoms with E-state index < -0.39 is 22.7 Å². The first-order valence-electron chi connectivity index (χ1n) is 4.46. The van der Waals surface area contributed by atoms with E-state index in [9.17, 15) is 14.5 Å². The Morgan fingerprint density at radius 1 is 1.44 bits per heavy atom. The van der Waals surface area contributed by atoms with Gasteiger partial charge in [0.2, 0.25) is 5.82 Å². The Hall–Kier alpha value is -1.24. The Kier molecular flexibility index (Phi) is 3.04. The Bertz CT molecular complexity index is 434. The van der Waals surface area contributed by atoms with Crippen LogP contribution in [0, 0.1) is 15.9 Å². The first kappa shape index (κ1) is 11.3. The standard InChI is InChI=1S/C9H7ClFNO4/c10-6-2-1-5(9-15-3-4-16-9)8(7(6)11)12(13)14/h1-2,9H,3-4H2. The molecule has 86 valence electrons. The van der Waals surface area contributed by atoms with E-state index in [1.54, 1.807) is 0 Å². The molecule has 1 aliphatic heterocycles. The van der Waals surface area contributed by atoms with Crippen molar-refractivity contribution >= 4 is 17.3 Å². The number of benzene rings is 1. The van der Waals surface area contributed by atoms with Crippen molar-refractivity contribution in [3.05, 3.63) is 38.7 Å². The van der Waals surface area contributed by atoms with Crippen LogP contribution in [0.3, 0.4) is 0 Å². The third-order valence-electron chi connectivity index (χ3n) is 2.16. The highest BCUT2D eigenvalue weighted by Crippen LogP contribution is 2.35. The van der Waals surface area contributed by atoms with Gasteiger partial charge in [0.15, 0.2) is 6.29 Å². The average Bonchev–Trinajstić information content (AvgIpc) is 2.74. The van der Waals surface area contributed by atoms with E-state index in [0.717, 1.165) is 0 Å². The summed E-state index contributed by atoms with van der Waals surface area (Å²) in [5.41, 5.74) is -0.649. The molecule has 16 heavy (non-hydrogen) atoms. The fourth-order valence-corrected chi connectivity index (χ4v) is 1.62. The molecule has 0 bridgehead atoms. The van der Waals surface area contributed by atoms with E-state index in [0.29, 0.717) is 13.2 Å². The Morgan fingerprint density at radius 2 is 2.06 bits per heavy atom. The Morgan fingerprint density at radius 3 is 2.62 bits per heavy atom. The van der Waals surface area contributed by atoms with E-state index in [1.807, 2.05) is 0 Å². The molecule has 0 aromatic heterocycles. The number of nitrogens with zero attached hydrogens (tertiary/aromatic N) is 1. The molecule has 0 atom stereocenters. The van der Waals surface area contributed by atoms with Gasteiger partial charge in [-0.05, 0) is 12.1 Å². The van der Waals surface area contributed by atoms with Crippen molar-refractivity contribution in [1.29, 1.82) is 0 Å². The van der Waals surface area contributed by atoms with Gasteiger partial charge in [0.1, 0.15) is 0 Å². The minimum atomic E-state index is -1.07. The molecule has 1 heterocycles. The van der Waals surface area contributed by atoms with Gasteiger partial charge >= 0.3 is 5.69 Å². The monoisotopic (exact) mass is 247 g/mol. The number of hydrogen-bond donors (Lipinski definition) is 0. The van der Waals surface area contributed by atoms with E-state index in [-0.39, 0.29) is 10.6 Å². The molecular formula is C9H7ClFNO4. The van der Waals surface area contributed by atoms with Crippen LogP contribution in [0.1, 0.15) is 11.9 Å². The highest BCUT2D eigenvalue weighted by Gasteiger charge is 2.31. The molecule has 7 heteroatoms. The zero-order valence-electron chi connectivity index (χ0n) is 7.98. The summed E-state index contributed by atoms with van der Waals surface area (Å²) < 4.78 is 23.7. The van der Waals surface area contributed by atoms with E-state index in [2.05, 4.69) is 0 Å². The Labute approximate surface area is 94.9 Å². The quantitative estimate of drug-likeness (QED) is 0.595. The van der Waals surface area contributed by atoms with Crippen molar-refractivity contribution in [1.82, 2.24) is 0 Å². The summed E-state index contributed by atoms with van der Waals surface area (Å²) in [6.45, 7) is 0.651. The summed E-state index contributed by atoms with van der Waals surface area (Å²) in [7, 11) is 0. The van der Waals surface area contributed by atoms with Gasteiger partial charge in [0.05, 0.1) is 28.7 Å². The van der Waals surface area contributed by atoms with Gasteiger partial charge in [0.25, 0.3) is 0 Å². The molecule has 1 saturated heterocycles. The lowest BCUT2D eigenvalue weighted by Crippen LogP contribution is -2.05. The van der Waals surface area contributed by atoms with Gasteiger partial charge in [-0.1, -0.05) is 11.6 Å². The second-order valence-electron chi connectivity index (χ2n) is 3.13. The molecule has 1 fully saturated rings. The van der Waals surface area contributed by atoms with Crippen molar-refractivity contribution in [3.8, 4) is 0 Å². The van der Waals surface area contributed by atoms with Crippen LogP contribution in [0.15, 0.2) is 12.1 Å². The lowest BCUT2D eigenvalue weighted by Gasteiger charge is -2.10. The molecule has 5 nitrogen and oxygen atoms in total. The van der Waals surface area contributed by atoms with Crippen molar-refractivity contribution in [2.75, 3.05) is 13.2 Å². The van der Waals surface area contributed by atoms with Crippen LogP contribution in [0.4, 0.5) is 10.1 Å². The highest BCUT2D eigenvalue weighted by atomic mass is 35.5. The average molecular weight is 248 g/mol. The molecule has 1 aromatic carbocycles. The third-order valence-corrected chi connectivity index (χ3v) is 2.45. The summed E-state index contributed by atoms with van der Waals surface area (Å²) in [4.78, 5) is 9.92. The normalized spacial score (nSPS) is 16.6. The van der Waals surface area contributed by atoms with Crippen LogP contribution < -0.4 is 0 Å². The second-order valence-corrected chi connectivity index (χ2v) is 3.54. The van der Waals surface area contributed by atoms with Crippen LogP contribution in [-0.2, 0) is 9.47 Å². The molecule has 1 aliphatic rings. The largest absolute Gasteiger partial charge is 0.346 e. The molecular weight excluding hydrogens is 241 g/mol. The molecule has 0 unspecified atom stereocenters. The predicted octanol–water partition coefficient (Wildman–Crippen LogP) is 2.43. The first-order valence-corrected chi connectivity index (χ1v) is 4.84. The number of nitro benzene ring substituents is 1. The maximum Gasteiger partial charge on any atom is 0.314 e. The van der Waals surface area contributed by atoms with Crippen LogP contribution in [0.2, 0.25) is 5.02 Å². The number of nitro groups is 1. The first-order chi connectivity index (χ1) is 7.61. The van der Waals surface area contributed by atoms with E-state index in [1.165, 1.54) is 12.1 Å². The van der Waals surface area contributed by atoms with Gasteiger partial charge in [-0.15, -0.1) is 0 Å². The minimum absolute atomic E-state index is 0.0457. The van der Waals surface area contributed by atoms with Crippen molar-refractivity contribution in [3.63, 3.8) is 0 Å². The van der Waals surface area contributed by atoms with Gasteiger partial charge in [-0.3, -0.25) is 10.1 Å². The summed E-state index contributed by atoms with van der Waals surface area (Å²) >= 11 is 5.48. The summed E-state index contributed by atoms with van der Waals surface area (Å²) in [6.07, 6.45) is -0.896. The SMILES string of the molecule is O=[N+]([O-])c1c(C2OCCO2)ccc(Cl)c1F. The highest BCUT2D eigenvalue weighted by molar-refractivity contribution is 6.31. The number of rotatable bonds is 2. The zero-order chi connectivity index (χ0) is 11.7. The molecule has 0 spiro atoms. The topological polar surface area (TPSA) is 61.6 Å². The minimum Gasteiger partial charge on any atom is -0.346 e. The number of hydrogen-bond acceptors (Lipinski definition) is 4. The molecule has 1 aromatic rings. The van der Waals surface area contributed by atoms with Crippen LogP contribution in [-0.4, -0.2) is 18.1 Å². The fraction of sp³-hybridized carbons (Fsp3) is 0.333. The predicted molar refractivity (Wildman–Crippen MR) is 52.7 cm³/mol. The van der Waals surface area contributed by atoms with Crippen LogP contribution >= 0.6 is 11.6 Å². The van der Waals surface area contributed by atoms with Crippen molar-refractivity contribution in [2.24, 2.45) is 0 Å². The van der Waals surface area contributed by atoms with Gasteiger partial charge in [0, 0.05) is 0 Å². The van der Waals surface area contributed by atoms with Gasteiger partial charge in [-0.25, -0.2) is 0 Å². The molecule has 0 amide bonds. The molecule has 2 rings (SSSR count). The maximum absolute atomic E-state index is 13.5. The number of ether oxygens (including phenoxy) is 2.